The van der Waals surface area contributed by atoms with Crippen molar-refractivity contribution in [1.29, 1.82) is 0 Å². The summed E-state index contributed by atoms with van der Waals surface area (Å²) in [4.78, 5) is 28.2. The topological polar surface area (TPSA) is 84.7 Å². The number of nitrogens with one attached hydrogen (secondary N) is 2. The number of allylic oxidation sites excluding steroid dienone is 1. The van der Waals surface area contributed by atoms with Crippen LogP contribution in [0.2, 0.25) is 0 Å². The smallest absolute Gasteiger partial charge is 0.262 e. The Labute approximate surface area is 183 Å². The van der Waals surface area contributed by atoms with Gasteiger partial charge in [0.1, 0.15) is 0 Å². The minimum Gasteiger partial charge on any atom is -0.352 e. The summed E-state index contributed by atoms with van der Waals surface area (Å²) >= 11 is 5.25. The summed E-state index contributed by atoms with van der Waals surface area (Å²) in [7, 11) is 0. The first-order valence-electron chi connectivity index (χ1n) is 9.82. The Kier molecular flexibility index (Phi) is 5.90. The van der Waals surface area contributed by atoms with Crippen LogP contribution in [0.3, 0.4) is 0 Å². The minimum atomic E-state index is -0.216. The van der Waals surface area contributed by atoms with Gasteiger partial charge in [-0.3, -0.25) is 14.2 Å². The Morgan fingerprint density at radius 3 is 2.81 bits per heavy atom. The van der Waals surface area contributed by atoms with Crippen molar-refractivity contribution in [2.75, 3.05) is 6.54 Å². The number of aromatic nitrogens is 4. The normalized spacial score (nSPS) is 10.8. The maximum Gasteiger partial charge on any atom is 0.262 e. The number of amides is 1. The SMILES string of the molecule is C=CCn1c(=S)[nH]c2cc(C(=O)NCCc3cnn(-c4ccccc4)c3)ccc2c1=O. The van der Waals surface area contributed by atoms with Crippen LogP contribution in [0.5, 0.6) is 0 Å². The molecule has 7 nitrogen and oxygen atoms in total. The van der Waals surface area contributed by atoms with E-state index in [1.165, 1.54) is 4.57 Å². The van der Waals surface area contributed by atoms with Gasteiger partial charge >= 0.3 is 0 Å². The third-order valence-electron chi connectivity index (χ3n) is 4.91. The Morgan fingerprint density at radius 1 is 1.23 bits per heavy atom. The van der Waals surface area contributed by atoms with Gasteiger partial charge in [-0.15, -0.1) is 6.58 Å². The lowest BCUT2D eigenvalue weighted by molar-refractivity contribution is 0.0954. The maximum atomic E-state index is 12.6. The van der Waals surface area contributed by atoms with Gasteiger partial charge in [-0.25, -0.2) is 4.68 Å². The number of nitrogens with zero attached hydrogens (tertiary/aromatic N) is 3. The van der Waals surface area contributed by atoms with E-state index in [1.54, 1.807) is 30.5 Å². The number of H-pyrrole nitrogens is 1. The van der Waals surface area contributed by atoms with E-state index in [0.717, 1.165) is 11.3 Å². The van der Waals surface area contributed by atoms with Crippen LogP contribution in [0.15, 0.2) is 78.4 Å². The summed E-state index contributed by atoms with van der Waals surface area (Å²) in [6.07, 6.45) is 6.01. The van der Waals surface area contributed by atoms with Crippen molar-refractivity contribution in [3.05, 3.63) is 99.8 Å². The fraction of sp³-hybridized carbons (Fsp3) is 0.130. The van der Waals surface area contributed by atoms with E-state index >= 15 is 0 Å². The molecule has 31 heavy (non-hydrogen) atoms. The van der Waals surface area contributed by atoms with Crippen molar-refractivity contribution in [3.8, 4) is 5.69 Å². The molecular formula is C23H21N5O2S. The molecule has 0 aliphatic carbocycles. The predicted molar refractivity (Wildman–Crippen MR) is 123 cm³/mol. The maximum absolute atomic E-state index is 12.6. The second kappa shape index (κ2) is 8.93. The van der Waals surface area contributed by atoms with Crippen LogP contribution >= 0.6 is 12.2 Å². The number of benzene rings is 2. The molecule has 0 spiro atoms. The van der Waals surface area contributed by atoms with E-state index in [-0.39, 0.29) is 11.5 Å². The first-order chi connectivity index (χ1) is 15.1. The van der Waals surface area contributed by atoms with Gasteiger partial charge in [-0.05, 0) is 54.5 Å². The molecule has 156 valence electrons. The lowest BCUT2D eigenvalue weighted by Gasteiger charge is -2.08. The molecule has 0 atom stereocenters. The highest BCUT2D eigenvalue weighted by molar-refractivity contribution is 7.71. The van der Waals surface area contributed by atoms with Crippen LogP contribution in [0, 0.1) is 4.77 Å². The summed E-state index contributed by atoms with van der Waals surface area (Å²) < 4.78 is 3.53. The zero-order valence-corrected chi connectivity index (χ0v) is 17.6. The number of carbonyl (C=O) groups is 1. The fourth-order valence-electron chi connectivity index (χ4n) is 3.32. The molecule has 2 heterocycles. The Hall–Kier alpha value is -3.78. The van der Waals surface area contributed by atoms with Crippen LogP contribution in [-0.4, -0.2) is 31.8 Å². The van der Waals surface area contributed by atoms with Crippen molar-refractivity contribution in [1.82, 2.24) is 24.6 Å². The monoisotopic (exact) mass is 431 g/mol. The minimum absolute atomic E-state index is 0.207. The van der Waals surface area contributed by atoms with Crippen LogP contribution in [0.4, 0.5) is 0 Å². The van der Waals surface area contributed by atoms with Gasteiger partial charge in [-0.1, -0.05) is 24.3 Å². The van der Waals surface area contributed by atoms with Crippen molar-refractivity contribution < 1.29 is 4.79 Å². The first kappa shape index (κ1) is 20.5. The van der Waals surface area contributed by atoms with Crippen LogP contribution in [0.25, 0.3) is 16.6 Å². The Morgan fingerprint density at radius 2 is 2.03 bits per heavy atom. The highest BCUT2D eigenvalue weighted by atomic mass is 32.1. The van der Waals surface area contributed by atoms with Crippen LogP contribution in [-0.2, 0) is 13.0 Å². The summed E-state index contributed by atoms with van der Waals surface area (Å²) in [6.45, 7) is 4.44. The van der Waals surface area contributed by atoms with Crippen LogP contribution in [0.1, 0.15) is 15.9 Å². The highest BCUT2D eigenvalue weighted by Gasteiger charge is 2.10. The van der Waals surface area contributed by atoms with Gasteiger partial charge in [0.25, 0.3) is 11.5 Å². The fourth-order valence-corrected chi connectivity index (χ4v) is 3.59. The number of hydrogen-bond donors (Lipinski definition) is 2. The molecule has 0 radical (unpaired) electrons. The third kappa shape index (κ3) is 4.39. The number of para-hydroxylation sites is 1. The Bertz CT molecular complexity index is 1370. The first-order valence-corrected chi connectivity index (χ1v) is 10.2. The molecule has 2 N–H and O–H groups in total. The number of carbonyl (C=O) groups excluding carboxylic acids is 1. The van der Waals surface area contributed by atoms with Gasteiger partial charge in [0, 0.05) is 24.8 Å². The molecular weight excluding hydrogens is 410 g/mol. The lowest BCUT2D eigenvalue weighted by atomic mass is 10.1. The van der Waals surface area contributed by atoms with E-state index in [2.05, 4.69) is 22.0 Å². The van der Waals surface area contributed by atoms with E-state index in [1.807, 2.05) is 41.2 Å². The molecule has 0 saturated carbocycles. The molecule has 0 aliphatic heterocycles. The zero-order valence-electron chi connectivity index (χ0n) is 16.7. The molecule has 0 bridgehead atoms. The van der Waals surface area contributed by atoms with Gasteiger partial charge in [-0.2, -0.15) is 5.10 Å². The largest absolute Gasteiger partial charge is 0.352 e. The Balaban J connectivity index is 1.44. The number of rotatable bonds is 7. The average Bonchev–Trinajstić information content (AvgIpc) is 3.26. The summed E-state index contributed by atoms with van der Waals surface area (Å²) in [5.41, 5.74) is 2.79. The predicted octanol–water partition coefficient (Wildman–Crippen LogP) is 3.40. The van der Waals surface area contributed by atoms with Gasteiger partial charge in [0.05, 0.1) is 22.8 Å². The van der Waals surface area contributed by atoms with E-state index in [0.29, 0.717) is 40.7 Å². The van der Waals surface area contributed by atoms with Crippen LogP contribution < -0.4 is 10.9 Å². The molecule has 2 aromatic carbocycles. The zero-order chi connectivity index (χ0) is 21.8. The standard InChI is InChI=1S/C23H21N5O2S/c1-2-12-27-22(30)19-9-8-17(13-20(19)26-23(27)31)21(29)24-11-10-16-14-25-28(15-16)18-6-4-3-5-7-18/h2-9,13-15H,1,10-12H2,(H,24,29)(H,26,31). The number of hydrogen-bond acceptors (Lipinski definition) is 4. The number of fused-ring (bicyclic) bond motifs is 1. The molecule has 0 aliphatic rings. The molecule has 4 aromatic rings. The van der Waals surface area contributed by atoms with E-state index in [4.69, 9.17) is 12.2 Å². The number of aromatic amines is 1. The van der Waals surface area contributed by atoms with Gasteiger partial charge in [0.2, 0.25) is 0 Å². The van der Waals surface area contributed by atoms with Gasteiger partial charge < -0.3 is 10.3 Å². The van der Waals surface area contributed by atoms with Crippen molar-refractivity contribution >= 4 is 29.0 Å². The summed E-state index contributed by atoms with van der Waals surface area (Å²) in [5.74, 6) is -0.216. The lowest BCUT2D eigenvalue weighted by Crippen LogP contribution is -2.26. The molecule has 4 rings (SSSR count). The van der Waals surface area contributed by atoms with E-state index in [9.17, 15) is 9.59 Å². The summed E-state index contributed by atoms with van der Waals surface area (Å²) in [6, 6.07) is 14.8. The highest BCUT2D eigenvalue weighted by Crippen LogP contribution is 2.12. The van der Waals surface area contributed by atoms with Gasteiger partial charge in [0.15, 0.2) is 4.77 Å². The summed E-state index contributed by atoms with van der Waals surface area (Å²) in [5, 5.41) is 7.75. The quantitative estimate of drug-likeness (QED) is 0.347. The molecule has 8 heteroatoms. The van der Waals surface area contributed by atoms with Crippen molar-refractivity contribution in [2.24, 2.45) is 0 Å². The average molecular weight is 432 g/mol. The second-order valence-electron chi connectivity index (χ2n) is 7.03. The molecule has 2 aromatic heterocycles. The molecule has 0 fully saturated rings. The van der Waals surface area contributed by atoms with Crippen molar-refractivity contribution in [3.63, 3.8) is 0 Å². The molecule has 0 saturated heterocycles. The second-order valence-corrected chi connectivity index (χ2v) is 7.42. The van der Waals surface area contributed by atoms with E-state index < -0.39 is 0 Å². The van der Waals surface area contributed by atoms with Crippen molar-refractivity contribution in [2.45, 2.75) is 13.0 Å². The molecule has 0 unspecified atom stereocenters. The third-order valence-corrected chi connectivity index (χ3v) is 5.23. The molecule has 1 amide bonds.